The Labute approximate surface area is 197 Å². The van der Waals surface area contributed by atoms with E-state index in [1.165, 1.54) is 10.3 Å². The zero-order valence-corrected chi connectivity index (χ0v) is 19.7. The summed E-state index contributed by atoms with van der Waals surface area (Å²) in [6, 6.07) is 14.6. The largest absolute Gasteiger partial charge is 0.352 e. The van der Waals surface area contributed by atoms with Crippen LogP contribution in [0.4, 0.5) is 5.69 Å². The minimum Gasteiger partial charge on any atom is -0.352 e. The van der Waals surface area contributed by atoms with E-state index in [0.29, 0.717) is 19.1 Å². The highest BCUT2D eigenvalue weighted by atomic mass is 32.1. The van der Waals surface area contributed by atoms with Gasteiger partial charge in [0, 0.05) is 43.5 Å². The Hall–Kier alpha value is -2.81. The number of nitrogens with zero attached hydrogens (tertiary/aromatic N) is 3. The summed E-state index contributed by atoms with van der Waals surface area (Å²) >= 11 is 1.68. The first-order valence-corrected chi connectivity index (χ1v) is 12.3. The molecule has 1 aliphatic heterocycles. The van der Waals surface area contributed by atoms with E-state index >= 15 is 0 Å². The molecule has 2 aliphatic rings. The molecule has 2 heterocycles. The van der Waals surface area contributed by atoms with Crippen LogP contribution in [0.1, 0.15) is 18.4 Å². The van der Waals surface area contributed by atoms with E-state index in [1.54, 1.807) is 11.3 Å². The van der Waals surface area contributed by atoms with Crippen LogP contribution in [0.2, 0.25) is 0 Å². The number of carbonyl (C=O) groups is 2. The fraction of sp³-hybridized carbons (Fsp3) is 0.400. The molecule has 0 unspecified atom stereocenters. The molecular weight excluding hydrogens is 434 g/mol. The monoisotopic (exact) mass is 463 g/mol. The first-order valence-electron chi connectivity index (χ1n) is 11.5. The van der Waals surface area contributed by atoms with Gasteiger partial charge in [-0.1, -0.05) is 6.07 Å². The van der Waals surface area contributed by atoms with Gasteiger partial charge in [0.1, 0.15) is 5.01 Å². The Morgan fingerprint density at radius 2 is 1.64 bits per heavy atom. The molecule has 1 saturated heterocycles. The Morgan fingerprint density at radius 3 is 2.30 bits per heavy atom. The molecule has 2 N–H and O–H groups in total. The SMILES string of the molecule is Cc1ccc2nc(-c3ccc(NC(=O)CN4CCN(CC(=O)NC5CC5)CC4)cc3)sc2c1. The lowest BCUT2D eigenvalue weighted by atomic mass is 10.2. The van der Waals surface area contributed by atoms with Crippen molar-refractivity contribution < 1.29 is 9.59 Å². The lowest BCUT2D eigenvalue weighted by Crippen LogP contribution is -2.51. The maximum atomic E-state index is 12.5. The molecule has 7 nitrogen and oxygen atoms in total. The number of anilines is 1. The average molecular weight is 464 g/mol. The number of carbonyl (C=O) groups excluding carboxylic acids is 2. The second-order valence-corrected chi connectivity index (χ2v) is 10.0. The maximum absolute atomic E-state index is 12.5. The molecule has 8 heteroatoms. The van der Waals surface area contributed by atoms with Crippen molar-refractivity contribution in [2.24, 2.45) is 0 Å². The van der Waals surface area contributed by atoms with Gasteiger partial charge >= 0.3 is 0 Å². The van der Waals surface area contributed by atoms with Crippen LogP contribution in [0.3, 0.4) is 0 Å². The number of hydrogen-bond acceptors (Lipinski definition) is 6. The predicted octanol–water partition coefficient (Wildman–Crippen LogP) is 3.11. The molecule has 0 atom stereocenters. The number of nitrogens with one attached hydrogen (secondary N) is 2. The Morgan fingerprint density at radius 1 is 0.970 bits per heavy atom. The van der Waals surface area contributed by atoms with E-state index < -0.39 is 0 Å². The van der Waals surface area contributed by atoms with Crippen LogP contribution in [0.15, 0.2) is 42.5 Å². The number of aryl methyl sites for hydroxylation is 1. The van der Waals surface area contributed by atoms with E-state index in [2.05, 4.69) is 45.6 Å². The van der Waals surface area contributed by atoms with Crippen molar-refractivity contribution in [2.45, 2.75) is 25.8 Å². The second kappa shape index (κ2) is 9.59. The number of thiazole rings is 1. The normalized spacial score (nSPS) is 17.2. The molecule has 1 aliphatic carbocycles. The summed E-state index contributed by atoms with van der Waals surface area (Å²) in [7, 11) is 0. The summed E-state index contributed by atoms with van der Waals surface area (Å²) in [5, 5.41) is 7.02. The minimum absolute atomic E-state index is 0.0156. The van der Waals surface area contributed by atoms with E-state index in [9.17, 15) is 9.59 Å². The van der Waals surface area contributed by atoms with E-state index in [0.717, 1.165) is 60.8 Å². The van der Waals surface area contributed by atoms with Gasteiger partial charge in [-0.15, -0.1) is 11.3 Å². The quantitative estimate of drug-likeness (QED) is 0.563. The minimum atomic E-state index is -0.0156. The summed E-state index contributed by atoms with van der Waals surface area (Å²) in [5.74, 6) is 0.103. The third-order valence-electron chi connectivity index (χ3n) is 6.10. The van der Waals surface area contributed by atoms with Gasteiger partial charge in [0.2, 0.25) is 11.8 Å². The number of hydrogen-bond donors (Lipinski definition) is 2. The van der Waals surface area contributed by atoms with E-state index in [4.69, 9.17) is 4.98 Å². The Kier molecular flexibility index (Phi) is 6.39. The molecular formula is C25H29N5O2S. The van der Waals surface area contributed by atoms with Crippen molar-refractivity contribution in [1.82, 2.24) is 20.1 Å². The summed E-state index contributed by atoms with van der Waals surface area (Å²) in [4.78, 5) is 33.5. The van der Waals surface area contributed by atoms with Crippen LogP contribution in [0.5, 0.6) is 0 Å². The number of aromatic nitrogens is 1. The maximum Gasteiger partial charge on any atom is 0.238 e. The molecule has 2 fully saturated rings. The highest BCUT2D eigenvalue weighted by Crippen LogP contribution is 2.31. The van der Waals surface area contributed by atoms with Gasteiger partial charge in [-0.3, -0.25) is 19.4 Å². The molecule has 5 rings (SSSR count). The first kappa shape index (κ1) is 22.0. The van der Waals surface area contributed by atoms with Crippen molar-refractivity contribution in [3.8, 4) is 10.6 Å². The lowest BCUT2D eigenvalue weighted by Gasteiger charge is -2.33. The molecule has 0 bridgehead atoms. The number of fused-ring (bicyclic) bond motifs is 1. The lowest BCUT2D eigenvalue weighted by molar-refractivity contribution is -0.123. The third kappa shape index (κ3) is 5.76. The van der Waals surface area contributed by atoms with Crippen molar-refractivity contribution >= 4 is 39.1 Å². The highest BCUT2D eigenvalue weighted by Gasteiger charge is 2.25. The third-order valence-corrected chi connectivity index (χ3v) is 7.17. The molecule has 0 spiro atoms. The zero-order chi connectivity index (χ0) is 22.8. The standard InChI is InChI=1S/C25H29N5O2S/c1-17-2-9-21-22(14-17)33-25(28-21)18-3-5-19(6-4-18)26-23(31)15-29-10-12-30(13-11-29)16-24(32)27-20-7-8-20/h2-6,9,14,20H,7-8,10-13,15-16H2,1H3,(H,26,31)(H,27,32). The van der Waals surface area contributed by atoms with Crippen molar-refractivity contribution in [3.05, 3.63) is 48.0 Å². The van der Waals surface area contributed by atoms with Gasteiger partial charge < -0.3 is 10.6 Å². The molecule has 2 amide bonds. The van der Waals surface area contributed by atoms with Gasteiger partial charge in [0.05, 0.1) is 23.3 Å². The smallest absolute Gasteiger partial charge is 0.238 e. The summed E-state index contributed by atoms with van der Waals surface area (Å²) in [6.07, 6.45) is 2.22. The second-order valence-electron chi connectivity index (χ2n) is 9.01. The van der Waals surface area contributed by atoms with Gasteiger partial charge in [-0.2, -0.15) is 0 Å². The van der Waals surface area contributed by atoms with Gasteiger partial charge in [0.15, 0.2) is 0 Å². The summed E-state index contributed by atoms with van der Waals surface area (Å²) < 4.78 is 1.19. The van der Waals surface area contributed by atoms with Crippen LogP contribution >= 0.6 is 11.3 Å². The highest BCUT2D eigenvalue weighted by molar-refractivity contribution is 7.21. The van der Waals surface area contributed by atoms with Crippen LogP contribution in [-0.4, -0.2) is 71.9 Å². The van der Waals surface area contributed by atoms with Crippen LogP contribution in [-0.2, 0) is 9.59 Å². The van der Waals surface area contributed by atoms with Gasteiger partial charge in [-0.05, 0) is 61.7 Å². The fourth-order valence-corrected chi connectivity index (χ4v) is 5.13. The van der Waals surface area contributed by atoms with Crippen LogP contribution < -0.4 is 10.6 Å². The van der Waals surface area contributed by atoms with Crippen LogP contribution in [0, 0.1) is 6.92 Å². The van der Waals surface area contributed by atoms with Crippen LogP contribution in [0.25, 0.3) is 20.8 Å². The summed E-state index contributed by atoms with van der Waals surface area (Å²) in [5.41, 5.74) is 4.09. The number of piperazine rings is 1. The van der Waals surface area contributed by atoms with Crippen molar-refractivity contribution in [2.75, 3.05) is 44.6 Å². The molecule has 2 aromatic carbocycles. The van der Waals surface area contributed by atoms with Gasteiger partial charge in [-0.25, -0.2) is 4.98 Å². The number of benzene rings is 2. The first-order chi connectivity index (χ1) is 16.0. The van der Waals surface area contributed by atoms with Crippen molar-refractivity contribution in [3.63, 3.8) is 0 Å². The molecule has 1 aromatic heterocycles. The summed E-state index contributed by atoms with van der Waals surface area (Å²) in [6.45, 7) is 6.10. The fourth-order valence-electron chi connectivity index (χ4n) is 4.06. The average Bonchev–Trinajstić information content (AvgIpc) is 3.50. The molecule has 1 saturated carbocycles. The van der Waals surface area contributed by atoms with E-state index in [1.807, 2.05) is 24.3 Å². The van der Waals surface area contributed by atoms with Crippen molar-refractivity contribution in [1.29, 1.82) is 0 Å². The predicted molar refractivity (Wildman–Crippen MR) is 132 cm³/mol. The molecule has 3 aromatic rings. The molecule has 33 heavy (non-hydrogen) atoms. The molecule has 0 radical (unpaired) electrons. The molecule has 172 valence electrons. The number of rotatable bonds is 7. The van der Waals surface area contributed by atoms with Gasteiger partial charge in [0.25, 0.3) is 0 Å². The zero-order valence-electron chi connectivity index (χ0n) is 18.8. The Bertz CT molecular complexity index is 1150. The Balaban J connectivity index is 1.09. The number of amides is 2. The van der Waals surface area contributed by atoms with E-state index in [-0.39, 0.29) is 11.8 Å². The topological polar surface area (TPSA) is 77.6 Å².